The number of para-hydroxylation sites is 1. The maximum absolute atomic E-state index is 11.8. The summed E-state index contributed by atoms with van der Waals surface area (Å²) in [5, 5.41) is -0.423. The summed E-state index contributed by atoms with van der Waals surface area (Å²) in [6.45, 7) is 0.694. The minimum atomic E-state index is -0.423. The van der Waals surface area contributed by atoms with Gasteiger partial charge in [-0.25, -0.2) is 0 Å². The molecule has 4 heteroatoms. The summed E-state index contributed by atoms with van der Waals surface area (Å²) in [7, 11) is 0. The summed E-state index contributed by atoms with van der Waals surface area (Å²) >= 11 is 10.3. The largest absolute Gasteiger partial charge is 0.318 e. The summed E-state index contributed by atoms with van der Waals surface area (Å²) in [6, 6.07) is 7.41. The van der Waals surface area contributed by atoms with Gasteiger partial charge in [0, 0.05) is 12.1 Å². The Bertz CT molecular complexity index is 369. The lowest BCUT2D eigenvalue weighted by Gasteiger charge is -2.16. The monoisotopic (exact) mass is 227 g/mol. The van der Waals surface area contributed by atoms with Gasteiger partial charge in [-0.05, 0) is 18.6 Å². The van der Waals surface area contributed by atoms with E-state index in [2.05, 4.69) is 12.8 Å². The standard InChI is InChI=1S/C10H10ClNOS/c11-8-5-6-12(14)9-4-2-1-3-7(9)10(8)13/h1-4,8,14H,5-6H2. The Balaban J connectivity index is 2.51. The van der Waals surface area contributed by atoms with Crippen molar-refractivity contribution in [1.29, 1.82) is 0 Å². The van der Waals surface area contributed by atoms with Crippen molar-refractivity contribution in [1.82, 2.24) is 0 Å². The number of hydrogen-bond donors (Lipinski definition) is 1. The Kier molecular flexibility index (Phi) is 2.70. The highest BCUT2D eigenvalue weighted by Gasteiger charge is 2.25. The molecule has 0 bridgehead atoms. The molecule has 0 radical (unpaired) electrons. The molecule has 74 valence electrons. The summed E-state index contributed by atoms with van der Waals surface area (Å²) in [6.07, 6.45) is 0.637. The molecule has 1 aromatic rings. The van der Waals surface area contributed by atoms with Crippen molar-refractivity contribution in [3.63, 3.8) is 0 Å². The number of anilines is 1. The van der Waals surface area contributed by atoms with E-state index < -0.39 is 5.38 Å². The molecule has 1 unspecified atom stereocenters. The molecule has 0 saturated heterocycles. The maximum Gasteiger partial charge on any atom is 0.182 e. The third-order valence-electron chi connectivity index (χ3n) is 2.33. The number of Topliss-reactive ketones (excluding diaryl/α,β-unsaturated/α-hetero) is 1. The van der Waals surface area contributed by atoms with E-state index in [1.165, 1.54) is 0 Å². The normalized spacial score (nSPS) is 21.7. The SMILES string of the molecule is O=C1c2ccccc2N(S)CCC1Cl. The van der Waals surface area contributed by atoms with E-state index in [9.17, 15) is 4.79 Å². The van der Waals surface area contributed by atoms with E-state index in [-0.39, 0.29) is 5.78 Å². The number of rotatable bonds is 0. The van der Waals surface area contributed by atoms with Crippen LogP contribution in [0, 0.1) is 0 Å². The summed E-state index contributed by atoms with van der Waals surface area (Å²) < 4.78 is 1.77. The molecule has 2 rings (SSSR count). The first-order valence-electron chi connectivity index (χ1n) is 4.44. The predicted molar refractivity (Wildman–Crippen MR) is 61.4 cm³/mol. The molecule has 14 heavy (non-hydrogen) atoms. The number of halogens is 1. The van der Waals surface area contributed by atoms with Crippen LogP contribution < -0.4 is 4.31 Å². The van der Waals surface area contributed by atoms with Gasteiger partial charge in [0.2, 0.25) is 0 Å². The van der Waals surface area contributed by atoms with Crippen LogP contribution in [-0.4, -0.2) is 17.7 Å². The molecule has 0 fully saturated rings. The summed E-state index contributed by atoms with van der Waals surface area (Å²) in [5.74, 6) is -0.00110. The van der Waals surface area contributed by atoms with Crippen molar-refractivity contribution in [3.8, 4) is 0 Å². The van der Waals surface area contributed by atoms with Crippen LogP contribution in [0.1, 0.15) is 16.8 Å². The fraction of sp³-hybridized carbons (Fsp3) is 0.300. The zero-order chi connectivity index (χ0) is 10.1. The molecular formula is C10H10ClNOS. The number of nitrogens with zero attached hydrogens (tertiary/aromatic N) is 1. The van der Waals surface area contributed by atoms with Crippen LogP contribution in [0.4, 0.5) is 5.69 Å². The number of thiol groups is 1. The lowest BCUT2D eigenvalue weighted by molar-refractivity contribution is 0.0987. The molecule has 0 aliphatic carbocycles. The van der Waals surface area contributed by atoms with Gasteiger partial charge in [-0.3, -0.25) is 4.79 Å². The highest BCUT2D eigenvalue weighted by Crippen LogP contribution is 2.28. The van der Waals surface area contributed by atoms with Crippen molar-refractivity contribution < 1.29 is 4.79 Å². The maximum atomic E-state index is 11.8. The van der Waals surface area contributed by atoms with E-state index in [1.807, 2.05) is 18.2 Å². The number of carbonyl (C=O) groups is 1. The number of benzene rings is 1. The predicted octanol–water partition coefficient (Wildman–Crippen LogP) is 2.53. The van der Waals surface area contributed by atoms with Gasteiger partial charge in [-0.1, -0.05) is 24.9 Å². The third kappa shape index (κ3) is 1.62. The number of ketones is 1. The highest BCUT2D eigenvalue weighted by molar-refractivity contribution is 7.81. The minimum absolute atomic E-state index is 0.00110. The van der Waals surface area contributed by atoms with E-state index >= 15 is 0 Å². The fourth-order valence-corrected chi connectivity index (χ4v) is 2.07. The van der Waals surface area contributed by atoms with Crippen molar-refractivity contribution in [2.75, 3.05) is 10.8 Å². The molecule has 0 spiro atoms. The zero-order valence-corrected chi connectivity index (χ0v) is 9.13. The van der Waals surface area contributed by atoms with Crippen molar-refractivity contribution >= 4 is 35.9 Å². The van der Waals surface area contributed by atoms with Crippen LogP contribution in [0.3, 0.4) is 0 Å². The average Bonchev–Trinajstić information content (AvgIpc) is 2.33. The molecule has 1 heterocycles. The van der Waals surface area contributed by atoms with Gasteiger partial charge in [0.25, 0.3) is 0 Å². The van der Waals surface area contributed by atoms with Gasteiger partial charge in [0.1, 0.15) is 0 Å². The first-order chi connectivity index (χ1) is 6.70. The van der Waals surface area contributed by atoms with E-state index in [4.69, 9.17) is 11.6 Å². The Morgan fingerprint density at radius 2 is 2.14 bits per heavy atom. The van der Waals surface area contributed by atoms with Crippen LogP contribution in [0.2, 0.25) is 0 Å². The van der Waals surface area contributed by atoms with Gasteiger partial charge < -0.3 is 4.31 Å². The van der Waals surface area contributed by atoms with Crippen molar-refractivity contribution in [3.05, 3.63) is 29.8 Å². The Morgan fingerprint density at radius 3 is 2.93 bits per heavy atom. The molecule has 0 N–H and O–H groups in total. The zero-order valence-electron chi connectivity index (χ0n) is 7.48. The van der Waals surface area contributed by atoms with Crippen molar-refractivity contribution in [2.24, 2.45) is 0 Å². The van der Waals surface area contributed by atoms with E-state index in [0.29, 0.717) is 18.5 Å². The smallest absolute Gasteiger partial charge is 0.182 e. The highest BCUT2D eigenvalue weighted by atomic mass is 35.5. The first kappa shape index (κ1) is 9.87. The molecule has 1 atom stereocenters. The number of alkyl halides is 1. The molecule has 1 aliphatic heterocycles. The topological polar surface area (TPSA) is 20.3 Å². The summed E-state index contributed by atoms with van der Waals surface area (Å²) in [4.78, 5) is 11.8. The molecule has 2 nitrogen and oxygen atoms in total. The lowest BCUT2D eigenvalue weighted by atomic mass is 10.1. The van der Waals surface area contributed by atoms with Crippen molar-refractivity contribution in [2.45, 2.75) is 11.8 Å². The van der Waals surface area contributed by atoms with Gasteiger partial charge >= 0.3 is 0 Å². The lowest BCUT2D eigenvalue weighted by Crippen LogP contribution is -2.14. The Morgan fingerprint density at radius 1 is 1.43 bits per heavy atom. The first-order valence-corrected chi connectivity index (χ1v) is 5.27. The van der Waals surface area contributed by atoms with Gasteiger partial charge in [0.05, 0.1) is 11.1 Å². The molecule has 0 saturated carbocycles. The third-order valence-corrected chi connectivity index (χ3v) is 3.16. The van der Waals surface area contributed by atoms with Gasteiger partial charge in [-0.15, -0.1) is 11.6 Å². The van der Waals surface area contributed by atoms with Crippen LogP contribution in [0.25, 0.3) is 0 Å². The Hall–Kier alpha value is -0.670. The van der Waals surface area contributed by atoms with Crippen LogP contribution >= 0.6 is 24.4 Å². The molecule has 0 aromatic heterocycles. The van der Waals surface area contributed by atoms with Crippen LogP contribution in [0.15, 0.2) is 24.3 Å². The molecule has 1 aliphatic rings. The van der Waals surface area contributed by atoms with E-state index in [0.717, 1.165) is 5.69 Å². The number of hydrogen-bond acceptors (Lipinski definition) is 3. The fourth-order valence-electron chi connectivity index (χ4n) is 1.56. The van der Waals surface area contributed by atoms with E-state index in [1.54, 1.807) is 10.4 Å². The minimum Gasteiger partial charge on any atom is -0.318 e. The van der Waals surface area contributed by atoms with Crippen LogP contribution in [0.5, 0.6) is 0 Å². The average molecular weight is 228 g/mol. The second kappa shape index (κ2) is 3.83. The van der Waals surface area contributed by atoms with Gasteiger partial charge in [0.15, 0.2) is 5.78 Å². The second-order valence-corrected chi connectivity index (χ2v) is 4.27. The Labute approximate surface area is 93.4 Å². The van der Waals surface area contributed by atoms with Crippen LogP contribution in [-0.2, 0) is 0 Å². The molecule has 0 amide bonds. The molecule has 1 aromatic carbocycles. The second-order valence-electron chi connectivity index (χ2n) is 3.26. The van der Waals surface area contributed by atoms with Gasteiger partial charge in [-0.2, -0.15) is 0 Å². The number of carbonyl (C=O) groups excluding carboxylic acids is 1. The quantitative estimate of drug-likeness (QED) is 0.543. The molecular weight excluding hydrogens is 218 g/mol. The number of fused-ring (bicyclic) bond motifs is 1. The summed E-state index contributed by atoms with van der Waals surface area (Å²) in [5.41, 5.74) is 1.52.